The van der Waals surface area contributed by atoms with Crippen LogP contribution in [0.2, 0.25) is 0 Å². The molecule has 4 rings (SSSR count). The van der Waals surface area contributed by atoms with Crippen molar-refractivity contribution in [1.82, 2.24) is 62.8 Å². The Balaban J connectivity index is 1.49. The predicted octanol–water partition coefficient (Wildman–Crippen LogP) is -2.29. The average Bonchev–Trinajstić information content (AvgIpc) is 4.13. The van der Waals surface area contributed by atoms with Crippen molar-refractivity contribution in [2.45, 2.75) is 121 Å². The molecule has 0 fully saturated rings. The fourth-order valence-corrected chi connectivity index (χ4v) is 8.78. The second kappa shape index (κ2) is 31.9. The van der Waals surface area contributed by atoms with Crippen LogP contribution in [0.25, 0.3) is 10.9 Å². The molecule has 2 aromatic heterocycles. The van der Waals surface area contributed by atoms with Gasteiger partial charge in [0.2, 0.25) is 65.0 Å². The maximum atomic E-state index is 14.3. The van der Waals surface area contributed by atoms with Gasteiger partial charge < -0.3 is 75.0 Å². The van der Waals surface area contributed by atoms with Crippen molar-refractivity contribution in [1.29, 1.82) is 0 Å². The lowest BCUT2D eigenvalue weighted by atomic mass is 10.0. The highest BCUT2D eigenvalue weighted by Crippen LogP contribution is 2.20. The van der Waals surface area contributed by atoms with E-state index in [1.54, 1.807) is 68.6 Å². The van der Waals surface area contributed by atoms with Crippen LogP contribution in [0.3, 0.4) is 0 Å². The number of hydrogen-bond donors (Lipinski definition) is 14. The number of thioether (sulfide) groups is 1. The van der Waals surface area contributed by atoms with Crippen LogP contribution in [-0.4, -0.2) is 153 Å². The van der Waals surface area contributed by atoms with Gasteiger partial charge in [-0.25, -0.2) is 4.98 Å². The SMILES string of the molecule is CSCC[C@H](NC(=O)[C@H](CC(C)C)NC(=O)[C@@H](Cc1ccccc1)NC(=O)CNC(=O)[C@@H](NC(=O)[C@H](C)NC(=O)[C@H](Cc1c[nH]c2ccccc12)NC(=O)[C@H](Cc1cnc[nH]1)NC(=O)[C@H](CC(N)=O)NC(=O)CN)C(C)C)C(N)=O. The van der Waals surface area contributed by atoms with Crippen LogP contribution in [0.4, 0.5) is 0 Å². The van der Waals surface area contributed by atoms with E-state index in [1.165, 1.54) is 31.2 Å². The quantitative estimate of drug-likeness (QED) is 0.0239. The Hall–Kier alpha value is -8.33. The number of imidazole rings is 1. The summed E-state index contributed by atoms with van der Waals surface area (Å²) in [5, 5.41) is 24.0. The summed E-state index contributed by atoms with van der Waals surface area (Å²) in [5.41, 5.74) is 18.7. The number of nitrogens with one attached hydrogen (secondary N) is 11. The fraction of sp³-hybridized carbons (Fsp3) is 0.472. The lowest BCUT2D eigenvalue weighted by molar-refractivity contribution is -0.135. The normalized spacial score (nSPS) is 14.2. The molecule has 0 aliphatic carbocycles. The number of amides is 11. The first-order valence-electron chi connectivity index (χ1n) is 26.0. The van der Waals surface area contributed by atoms with Gasteiger partial charge in [-0.15, -0.1) is 0 Å². The number of fused-ring (bicyclic) bond motifs is 1. The smallest absolute Gasteiger partial charge is 0.243 e. The lowest BCUT2D eigenvalue weighted by Crippen LogP contribution is -2.60. The molecule has 80 heavy (non-hydrogen) atoms. The Morgan fingerprint density at radius 1 is 0.600 bits per heavy atom. The molecule has 8 atom stereocenters. The molecule has 0 aliphatic rings. The largest absolute Gasteiger partial charge is 0.370 e. The molecule has 0 saturated carbocycles. The first-order chi connectivity index (χ1) is 38.0. The number of carbonyl (C=O) groups is 11. The van der Waals surface area contributed by atoms with Crippen molar-refractivity contribution in [3.05, 3.63) is 90.1 Å². The molecule has 4 aromatic rings. The number of aromatic amines is 2. The van der Waals surface area contributed by atoms with E-state index in [0.717, 1.165) is 10.9 Å². The van der Waals surface area contributed by atoms with Crippen LogP contribution < -0.4 is 65.1 Å². The molecule has 27 heteroatoms. The monoisotopic (exact) mass is 1130 g/mol. The first kappa shape index (κ1) is 64.2. The summed E-state index contributed by atoms with van der Waals surface area (Å²) in [7, 11) is 0. The molecular weight excluding hydrogens is 1050 g/mol. The zero-order chi connectivity index (χ0) is 59.1. The molecule has 0 bridgehead atoms. The van der Waals surface area contributed by atoms with Crippen molar-refractivity contribution in [2.24, 2.45) is 29.0 Å². The predicted molar refractivity (Wildman–Crippen MR) is 298 cm³/mol. The Bertz CT molecular complexity index is 2770. The van der Waals surface area contributed by atoms with Gasteiger partial charge in [0.05, 0.1) is 25.8 Å². The molecule has 0 saturated heterocycles. The Morgan fingerprint density at radius 3 is 1.77 bits per heavy atom. The molecule has 26 nitrogen and oxygen atoms in total. The summed E-state index contributed by atoms with van der Waals surface area (Å²) < 4.78 is 0. The van der Waals surface area contributed by atoms with Crippen molar-refractivity contribution in [3.8, 4) is 0 Å². The molecule has 434 valence electrons. The molecule has 11 amide bonds. The van der Waals surface area contributed by atoms with Crippen molar-refractivity contribution in [2.75, 3.05) is 25.1 Å². The lowest BCUT2D eigenvalue weighted by Gasteiger charge is -2.27. The third-order valence-corrected chi connectivity index (χ3v) is 13.2. The summed E-state index contributed by atoms with van der Waals surface area (Å²) in [6, 6.07) is 5.72. The molecule has 2 heterocycles. The molecule has 0 aliphatic heterocycles. The minimum absolute atomic E-state index is 0.00170. The number of nitrogens with zero attached hydrogens (tertiary/aromatic N) is 1. The maximum absolute atomic E-state index is 14.3. The van der Waals surface area contributed by atoms with Crippen LogP contribution in [0, 0.1) is 11.8 Å². The summed E-state index contributed by atoms with van der Waals surface area (Å²) in [4.78, 5) is 157. The fourth-order valence-electron chi connectivity index (χ4n) is 8.31. The summed E-state index contributed by atoms with van der Waals surface area (Å²) in [6.45, 7) is 7.18. The summed E-state index contributed by atoms with van der Waals surface area (Å²) >= 11 is 1.47. The molecule has 0 unspecified atom stereocenters. The molecule has 0 spiro atoms. The molecular formula is C53H75N15O11S. The number of benzene rings is 2. The van der Waals surface area contributed by atoms with Crippen molar-refractivity contribution < 1.29 is 52.7 Å². The summed E-state index contributed by atoms with van der Waals surface area (Å²) in [6.07, 6.45) is 5.75. The maximum Gasteiger partial charge on any atom is 0.243 e. The van der Waals surface area contributed by atoms with Gasteiger partial charge >= 0.3 is 0 Å². The van der Waals surface area contributed by atoms with Gasteiger partial charge in [0.1, 0.15) is 48.3 Å². The second-order valence-electron chi connectivity index (χ2n) is 19.9. The van der Waals surface area contributed by atoms with E-state index in [9.17, 15) is 52.7 Å². The highest BCUT2D eigenvalue weighted by Gasteiger charge is 2.35. The Kier molecular flexibility index (Phi) is 25.6. The third kappa shape index (κ3) is 20.8. The number of carbonyl (C=O) groups excluding carboxylic acids is 11. The average molecular weight is 1130 g/mol. The second-order valence-corrected chi connectivity index (χ2v) is 20.9. The van der Waals surface area contributed by atoms with Gasteiger partial charge in [0.25, 0.3) is 0 Å². The van der Waals surface area contributed by atoms with E-state index in [2.05, 4.69) is 62.8 Å². The number of primary amides is 2. The van der Waals surface area contributed by atoms with Gasteiger partial charge in [0, 0.05) is 48.3 Å². The van der Waals surface area contributed by atoms with E-state index in [1.807, 2.05) is 26.2 Å². The van der Waals surface area contributed by atoms with Crippen molar-refractivity contribution in [3.63, 3.8) is 0 Å². The molecule has 0 radical (unpaired) electrons. The van der Waals surface area contributed by atoms with Gasteiger partial charge in [-0.3, -0.25) is 52.7 Å². The molecule has 17 N–H and O–H groups in total. The summed E-state index contributed by atoms with van der Waals surface area (Å²) in [5.74, 6) is -8.91. The van der Waals surface area contributed by atoms with Gasteiger partial charge in [0.15, 0.2) is 0 Å². The number of aromatic nitrogens is 3. The van der Waals surface area contributed by atoms with E-state index in [0.29, 0.717) is 22.6 Å². The standard InChI is InChI=1S/C53H75N15O11S/c1-28(2)18-37(49(75)64-36(46(56)72)16-17-80-6)65-50(76)38(19-31-12-8-7-9-13-31)63-44(71)26-59-53(79)45(29(3)4)68-47(73)30(5)61-48(74)39(20-32-24-58-35-15-11-10-14-34(32)35)66-51(77)40(21-33-25-57-27-60-33)67-52(78)41(22-42(55)69)62-43(70)23-54/h7-15,24-25,27-30,36-41,45,58H,16-23,26,54H2,1-6H3,(H2,55,69)(H2,56,72)(H,57,60)(H,59,79)(H,61,74)(H,62,70)(H,63,71)(H,64,75)(H,65,76)(H,66,77)(H,67,78)(H,68,73)/t30-,36-,37-,38+,39-,40-,41-,45-/m0/s1. The van der Waals surface area contributed by atoms with Crippen LogP contribution in [0.15, 0.2) is 73.3 Å². The number of rotatable bonds is 33. The zero-order valence-electron chi connectivity index (χ0n) is 45.6. The Morgan fingerprint density at radius 2 is 1.18 bits per heavy atom. The highest BCUT2D eigenvalue weighted by atomic mass is 32.2. The van der Waals surface area contributed by atoms with E-state index >= 15 is 0 Å². The third-order valence-electron chi connectivity index (χ3n) is 12.6. The van der Waals surface area contributed by atoms with E-state index in [-0.39, 0.29) is 38.0 Å². The topological polar surface area (TPSA) is 419 Å². The van der Waals surface area contributed by atoms with Crippen molar-refractivity contribution >= 4 is 87.6 Å². The van der Waals surface area contributed by atoms with Gasteiger partial charge in [-0.1, -0.05) is 76.2 Å². The van der Waals surface area contributed by atoms with Crippen LogP contribution in [0.1, 0.15) is 70.7 Å². The van der Waals surface area contributed by atoms with Crippen LogP contribution in [0.5, 0.6) is 0 Å². The minimum Gasteiger partial charge on any atom is -0.370 e. The van der Waals surface area contributed by atoms with E-state index < -0.39 is 139 Å². The number of H-pyrrole nitrogens is 2. The van der Waals surface area contributed by atoms with Crippen LogP contribution in [-0.2, 0) is 72.0 Å². The van der Waals surface area contributed by atoms with Gasteiger partial charge in [-0.05, 0) is 60.8 Å². The highest BCUT2D eigenvalue weighted by molar-refractivity contribution is 7.98. The minimum atomic E-state index is -1.51. The first-order valence-corrected chi connectivity index (χ1v) is 27.4. The van der Waals surface area contributed by atoms with Crippen LogP contribution >= 0.6 is 11.8 Å². The number of hydrogen-bond acceptors (Lipinski definition) is 14. The number of para-hydroxylation sites is 1. The van der Waals surface area contributed by atoms with Gasteiger partial charge in [-0.2, -0.15) is 11.8 Å². The zero-order valence-corrected chi connectivity index (χ0v) is 46.5. The Labute approximate surface area is 467 Å². The van der Waals surface area contributed by atoms with E-state index in [4.69, 9.17) is 17.2 Å². The number of nitrogens with two attached hydrogens (primary N) is 3. The molecule has 2 aromatic carbocycles.